The number of rotatable bonds is 8. The molecular formula is C27H34N4O2. The maximum absolute atomic E-state index is 12.8. The number of nitrogens with zero attached hydrogens (tertiary/aromatic N) is 4. The minimum atomic E-state index is 0.272. The summed E-state index contributed by atoms with van der Waals surface area (Å²) in [6.45, 7) is 6.38. The van der Waals surface area contributed by atoms with Crippen molar-refractivity contribution in [1.82, 2.24) is 19.7 Å². The molecule has 1 saturated heterocycles. The van der Waals surface area contributed by atoms with Crippen molar-refractivity contribution in [3.63, 3.8) is 0 Å². The van der Waals surface area contributed by atoms with Crippen LogP contribution in [0.4, 0.5) is 0 Å². The van der Waals surface area contributed by atoms with Crippen molar-refractivity contribution in [2.75, 3.05) is 13.1 Å². The Kier molecular flexibility index (Phi) is 7.43. The van der Waals surface area contributed by atoms with Crippen molar-refractivity contribution >= 4 is 5.91 Å². The molecule has 3 aromatic rings. The number of carbonyl (C=O) groups excluding carboxylic acids is 1. The molecule has 33 heavy (non-hydrogen) atoms. The van der Waals surface area contributed by atoms with Crippen molar-refractivity contribution in [1.29, 1.82) is 0 Å². The molecule has 0 radical (unpaired) electrons. The van der Waals surface area contributed by atoms with Gasteiger partial charge in [-0.05, 0) is 74.3 Å². The van der Waals surface area contributed by atoms with Crippen LogP contribution < -0.4 is 4.74 Å². The number of ether oxygens (including phenoxy) is 1. The van der Waals surface area contributed by atoms with Crippen LogP contribution >= 0.6 is 0 Å². The Morgan fingerprint density at radius 2 is 1.82 bits per heavy atom. The second-order valence-electron chi connectivity index (χ2n) is 9.10. The number of carbonyl (C=O) groups is 1. The summed E-state index contributed by atoms with van der Waals surface area (Å²) in [6, 6.07) is 12.5. The van der Waals surface area contributed by atoms with Crippen LogP contribution in [-0.2, 0) is 31.3 Å². The SMILES string of the molecule is Cc1nn(C)c(C)c1CCC(=O)N1CCC(Cc2ccc(COc3cccnc3)cc2)CC1. The van der Waals surface area contributed by atoms with E-state index in [0.29, 0.717) is 18.9 Å². The van der Waals surface area contributed by atoms with Crippen LogP contribution in [0.2, 0.25) is 0 Å². The monoisotopic (exact) mass is 446 g/mol. The molecule has 0 atom stereocenters. The number of benzene rings is 1. The molecule has 1 fully saturated rings. The van der Waals surface area contributed by atoms with Gasteiger partial charge in [0.1, 0.15) is 12.4 Å². The van der Waals surface area contributed by atoms with E-state index in [1.807, 2.05) is 30.8 Å². The first-order valence-corrected chi connectivity index (χ1v) is 11.9. The number of likely N-dealkylation sites (tertiary alicyclic amines) is 1. The number of aryl methyl sites for hydroxylation is 2. The van der Waals surface area contributed by atoms with E-state index in [2.05, 4.69) is 46.2 Å². The summed E-state index contributed by atoms with van der Waals surface area (Å²) in [5, 5.41) is 4.46. The second-order valence-corrected chi connectivity index (χ2v) is 9.10. The first-order chi connectivity index (χ1) is 16.0. The van der Waals surface area contributed by atoms with Crippen molar-refractivity contribution in [2.24, 2.45) is 13.0 Å². The molecule has 4 rings (SSSR count). The molecule has 1 aliphatic heterocycles. The van der Waals surface area contributed by atoms with Crippen molar-refractivity contribution in [3.8, 4) is 5.75 Å². The largest absolute Gasteiger partial charge is 0.487 e. The number of piperidine rings is 1. The van der Waals surface area contributed by atoms with Gasteiger partial charge in [0, 0.05) is 38.4 Å². The zero-order chi connectivity index (χ0) is 23.2. The van der Waals surface area contributed by atoms with Crippen LogP contribution in [0.1, 0.15) is 47.3 Å². The van der Waals surface area contributed by atoms with Gasteiger partial charge in [-0.25, -0.2) is 0 Å². The van der Waals surface area contributed by atoms with Gasteiger partial charge in [-0.2, -0.15) is 5.10 Å². The summed E-state index contributed by atoms with van der Waals surface area (Å²) in [5.41, 5.74) is 5.93. The van der Waals surface area contributed by atoms with E-state index in [-0.39, 0.29) is 5.91 Å². The molecule has 0 spiro atoms. The van der Waals surface area contributed by atoms with E-state index in [9.17, 15) is 4.79 Å². The molecule has 1 aliphatic rings. The van der Waals surface area contributed by atoms with Gasteiger partial charge < -0.3 is 9.64 Å². The van der Waals surface area contributed by atoms with Crippen LogP contribution in [-0.4, -0.2) is 38.7 Å². The van der Waals surface area contributed by atoms with E-state index >= 15 is 0 Å². The highest BCUT2D eigenvalue weighted by molar-refractivity contribution is 5.76. The molecule has 1 amide bonds. The maximum atomic E-state index is 12.8. The smallest absolute Gasteiger partial charge is 0.222 e. The topological polar surface area (TPSA) is 60.2 Å². The number of pyridine rings is 1. The molecule has 174 valence electrons. The molecule has 6 nitrogen and oxygen atoms in total. The Morgan fingerprint density at radius 1 is 1.09 bits per heavy atom. The standard InChI is InChI=1S/C27H34N4O2/c1-20-26(21(2)30(3)29-20)10-11-27(32)31-15-12-23(13-16-31)17-22-6-8-24(9-7-22)19-33-25-5-4-14-28-18-25/h4-9,14,18,23H,10-13,15-17,19H2,1-3H3. The van der Waals surface area contributed by atoms with Gasteiger partial charge in [-0.1, -0.05) is 24.3 Å². The third-order valence-electron chi connectivity index (χ3n) is 6.80. The van der Waals surface area contributed by atoms with E-state index in [1.54, 1.807) is 12.4 Å². The summed E-state index contributed by atoms with van der Waals surface area (Å²) in [6.07, 6.45) is 8.03. The normalized spacial score (nSPS) is 14.5. The molecule has 0 aliphatic carbocycles. The average molecular weight is 447 g/mol. The summed E-state index contributed by atoms with van der Waals surface area (Å²) < 4.78 is 7.68. The van der Waals surface area contributed by atoms with E-state index in [1.165, 1.54) is 11.1 Å². The lowest BCUT2D eigenvalue weighted by atomic mass is 9.89. The Morgan fingerprint density at radius 3 is 2.45 bits per heavy atom. The van der Waals surface area contributed by atoms with Gasteiger partial charge in [0.15, 0.2) is 0 Å². The highest BCUT2D eigenvalue weighted by Crippen LogP contribution is 2.23. The molecule has 0 bridgehead atoms. The Labute approximate surface area is 196 Å². The van der Waals surface area contributed by atoms with Crippen LogP contribution in [0.25, 0.3) is 0 Å². The van der Waals surface area contributed by atoms with Crippen molar-refractivity contribution < 1.29 is 9.53 Å². The molecule has 1 aromatic carbocycles. The zero-order valence-corrected chi connectivity index (χ0v) is 20.0. The number of aromatic nitrogens is 3. The summed E-state index contributed by atoms with van der Waals surface area (Å²) >= 11 is 0. The average Bonchev–Trinajstić information content (AvgIpc) is 3.08. The lowest BCUT2D eigenvalue weighted by molar-refractivity contribution is -0.132. The maximum Gasteiger partial charge on any atom is 0.222 e. The first kappa shape index (κ1) is 23.0. The number of hydrogen-bond donors (Lipinski definition) is 0. The predicted molar refractivity (Wildman–Crippen MR) is 129 cm³/mol. The minimum Gasteiger partial charge on any atom is -0.487 e. The van der Waals surface area contributed by atoms with E-state index in [4.69, 9.17) is 4.74 Å². The molecule has 0 N–H and O–H groups in total. The lowest BCUT2D eigenvalue weighted by Crippen LogP contribution is -2.39. The Hall–Kier alpha value is -3.15. The number of hydrogen-bond acceptors (Lipinski definition) is 4. The second kappa shape index (κ2) is 10.6. The van der Waals surface area contributed by atoms with Gasteiger partial charge in [0.05, 0.1) is 11.9 Å². The zero-order valence-electron chi connectivity index (χ0n) is 20.0. The first-order valence-electron chi connectivity index (χ1n) is 11.9. The predicted octanol–water partition coefficient (Wildman–Crippen LogP) is 4.42. The Balaban J connectivity index is 1.20. The molecular weight excluding hydrogens is 412 g/mol. The van der Waals surface area contributed by atoms with Crippen molar-refractivity contribution in [2.45, 2.75) is 52.6 Å². The van der Waals surface area contributed by atoms with E-state index in [0.717, 1.165) is 61.5 Å². The van der Waals surface area contributed by atoms with Gasteiger partial charge >= 0.3 is 0 Å². The van der Waals surface area contributed by atoms with Gasteiger partial charge in [0.25, 0.3) is 0 Å². The van der Waals surface area contributed by atoms with Crippen molar-refractivity contribution in [3.05, 3.63) is 76.9 Å². The lowest BCUT2D eigenvalue weighted by Gasteiger charge is -2.32. The van der Waals surface area contributed by atoms with Gasteiger partial charge in [-0.15, -0.1) is 0 Å². The third kappa shape index (κ3) is 6.01. The van der Waals surface area contributed by atoms with Crippen LogP contribution in [0.15, 0.2) is 48.8 Å². The summed E-state index contributed by atoms with van der Waals surface area (Å²) in [5.74, 6) is 1.69. The van der Waals surface area contributed by atoms with Crippen LogP contribution in [0.5, 0.6) is 5.75 Å². The van der Waals surface area contributed by atoms with Crippen LogP contribution in [0.3, 0.4) is 0 Å². The third-order valence-corrected chi connectivity index (χ3v) is 6.80. The van der Waals surface area contributed by atoms with Gasteiger partial charge in [0.2, 0.25) is 5.91 Å². The van der Waals surface area contributed by atoms with Crippen LogP contribution in [0, 0.1) is 19.8 Å². The molecule has 2 aromatic heterocycles. The van der Waals surface area contributed by atoms with E-state index < -0.39 is 0 Å². The quantitative estimate of drug-likeness (QED) is 0.514. The minimum absolute atomic E-state index is 0.272. The molecule has 6 heteroatoms. The summed E-state index contributed by atoms with van der Waals surface area (Å²) in [7, 11) is 1.96. The fourth-order valence-electron chi connectivity index (χ4n) is 4.66. The Bertz CT molecular complexity index is 1050. The summed E-state index contributed by atoms with van der Waals surface area (Å²) in [4.78, 5) is 18.9. The molecule has 0 unspecified atom stereocenters. The highest BCUT2D eigenvalue weighted by atomic mass is 16.5. The fraction of sp³-hybridized carbons (Fsp3) is 0.444. The molecule has 0 saturated carbocycles. The number of amides is 1. The fourth-order valence-corrected chi connectivity index (χ4v) is 4.66. The molecule has 3 heterocycles. The van der Waals surface area contributed by atoms with Gasteiger partial charge in [-0.3, -0.25) is 14.5 Å². The highest BCUT2D eigenvalue weighted by Gasteiger charge is 2.23.